The lowest BCUT2D eigenvalue weighted by atomic mass is 9.88. The van der Waals surface area contributed by atoms with Crippen molar-refractivity contribution in [3.05, 3.63) is 53.1 Å². The van der Waals surface area contributed by atoms with E-state index in [0.717, 1.165) is 22.2 Å². The molecule has 1 amide bonds. The van der Waals surface area contributed by atoms with Gasteiger partial charge in [0.05, 0.1) is 23.8 Å². The summed E-state index contributed by atoms with van der Waals surface area (Å²) in [6, 6.07) is 13.1. The number of aromatic amines is 1. The molecular formula is C19H18ClN3O2. The lowest BCUT2D eigenvalue weighted by Gasteiger charge is -2.38. The normalized spacial score (nSPS) is 15.8. The number of carbonyl (C=O) groups excluding carboxylic acids is 1. The number of benzene rings is 2. The minimum Gasteiger partial charge on any atom is -0.380 e. The maximum atomic E-state index is 12.3. The number of ether oxygens (including phenoxy) is 1. The Kier molecular flexibility index (Phi) is 3.98. The number of nitrogens with zero attached hydrogens (tertiary/aromatic N) is 1. The monoisotopic (exact) mass is 355 g/mol. The summed E-state index contributed by atoms with van der Waals surface area (Å²) < 4.78 is 5.21. The van der Waals surface area contributed by atoms with Crippen molar-refractivity contribution in [2.24, 2.45) is 5.41 Å². The van der Waals surface area contributed by atoms with E-state index in [-0.39, 0.29) is 11.3 Å². The molecule has 6 heteroatoms. The molecular weight excluding hydrogens is 338 g/mol. The molecule has 0 atom stereocenters. The molecule has 128 valence electrons. The van der Waals surface area contributed by atoms with Gasteiger partial charge < -0.3 is 10.1 Å². The summed E-state index contributed by atoms with van der Waals surface area (Å²) in [5.74, 6) is -0.0791. The molecule has 0 unspecified atom stereocenters. The fourth-order valence-corrected chi connectivity index (χ4v) is 3.23. The smallest absolute Gasteiger partial charge is 0.251 e. The van der Waals surface area contributed by atoms with Crippen LogP contribution in [0.4, 0.5) is 0 Å². The van der Waals surface area contributed by atoms with Gasteiger partial charge in [0.15, 0.2) is 0 Å². The highest BCUT2D eigenvalue weighted by Gasteiger charge is 2.33. The van der Waals surface area contributed by atoms with Gasteiger partial charge in [-0.3, -0.25) is 9.89 Å². The van der Waals surface area contributed by atoms with Gasteiger partial charge >= 0.3 is 0 Å². The molecule has 5 nitrogen and oxygen atoms in total. The molecule has 1 aromatic heterocycles. The Morgan fingerprint density at radius 3 is 2.72 bits per heavy atom. The summed E-state index contributed by atoms with van der Waals surface area (Å²) in [4.78, 5) is 12.3. The second-order valence-corrected chi connectivity index (χ2v) is 7.21. The van der Waals surface area contributed by atoms with Crippen molar-refractivity contribution in [1.82, 2.24) is 15.5 Å². The Balaban J connectivity index is 1.54. The Labute approximate surface area is 150 Å². The van der Waals surface area contributed by atoms with E-state index in [2.05, 4.69) is 22.4 Å². The number of hydrogen-bond donors (Lipinski definition) is 2. The number of H-pyrrole nitrogens is 1. The van der Waals surface area contributed by atoms with Crippen molar-refractivity contribution in [2.45, 2.75) is 6.92 Å². The first kappa shape index (κ1) is 16.1. The molecule has 25 heavy (non-hydrogen) atoms. The Hall–Kier alpha value is -2.37. The quantitative estimate of drug-likeness (QED) is 0.750. The van der Waals surface area contributed by atoms with E-state index in [0.29, 0.717) is 30.3 Å². The maximum Gasteiger partial charge on any atom is 0.251 e. The Morgan fingerprint density at radius 2 is 2.04 bits per heavy atom. The first-order valence-corrected chi connectivity index (χ1v) is 8.53. The van der Waals surface area contributed by atoms with E-state index in [1.807, 2.05) is 42.5 Å². The van der Waals surface area contributed by atoms with Crippen molar-refractivity contribution in [3.8, 4) is 11.3 Å². The van der Waals surface area contributed by atoms with E-state index in [4.69, 9.17) is 16.3 Å². The number of carbonyl (C=O) groups is 1. The summed E-state index contributed by atoms with van der Waals surface area (Å²) in [5, 5.41) is 11.9. The Bertz CT molecular complexity index is 929. The first-order valence-electron chi connectivity index (χ1n) is 8.15. The molecule has 2 aromatic carbocycles. The molecule has 1 aliphatic heterocycles. The number of hydrogen-bond acceptors (Lipinski definition) is 3. The molecule has 0 saturated carbocycles. The molecule has 4 rings (SSSR count). The molecule has 1 saturated heterocycles. The van der Waals surface area contributed by atoms with Gasteiger partial charge in [-0.1, -0.05) is 36.7 Å². The van der Waals surface area contributed by atoms with E-state index in [1.54, 1.807) is 0 Å². The van der Waals surface area contributed by atoms with Gasteiger partial charge in [0.2, 0.25) is 0 Å². The summed E-state index contributed by atoms with van der Waals surface area (Å²) >= 11 is 6.30. The maximum absolute atomic E-state index is 12.3. The van der Waals surface area contributed by atoms with Crippen LogP contribution in [0.25, 0.3) is 22.2 Å². The van der Waals surface area contributed by atoms with Crippen LogP contribution in [0, 0.1) is 5.41 Å². The molecule has 3 aromatic rings. The summed E-state index contributed by atoms with van der Waals surface area (Å²) in [6.45, 7) is 4.11. The average Bonchev–Trinajstić information content (AvgIpc) is 3.04. The molecule has 1 aliphatic rings. The zero-order valence-corrected chi connectivity index (χ0v) is 14.6. The van der Waals surface area contributed by atoms with Crippen molar-refractivity contribution in [2.75, 3.05) is 19.8 Å². The second-order valence-electron chi connectivity index (χ2n) is 6.80. The van der Waals surface area contributed by atoms with Gasteiger partial charge in [-0.05, 0) is 24.3 Å². The van der Waals surface area contributed by atoms with Crippen LogP contribution in [0.5, 0.6) is 0 Å². The SMILES string of the molecule is CC1(CNC(=O)c2ccc(-c3n[nH]c4cccc(Cl)c34)cc2)COC1. The first-order chi connectivity index (χ1) is 12.1. The number of rotatable bonds is 4. The van der Waals surface area contributed by atoms with Crippen LogP contribution < -0.4 is 5.32 Å². The van der Waals surface area contributed by atoms with Gasteiger partial charge in [-0.2, -0.15) is 5.10 Å². The number of halogens is 1. The fraction of sp³-hybridized carbons (Fsp3) is 0.263. The fourth-order valence-electron chi connectivity index (χ4n) is 2.97. The highest BCUT2D eigenvalue weighted by atomic mass is 35.5. The van der Waals surface area contributed by atoms with E-state index >= 15 is 0 Å². The van der Waals surface area contributed by atoms with E-state index < -0.39 is 0 Å². The summed E-state index contributed by atoms with van der Waals surface area (Å²) in [6.07, 6.45) is 0. The number of amides is 1. The molecule has 0 aliphatic carbocycles. The topological polar surface area (TPSA) is 67.0 Å². The van der Waals surface area contributed by atoms with Gasteiger partial charge in [-0.25, -0.2) is 0 Å². The minimum absolute atomic E-state index is 0.0559. The predicted molar refractivity (Wildman–Crippen MR) is 97.8 cm³/mol. The van der Waals surface area contributed by atoms with Crippen molar-refractivity contribution < 1.29 is 9.53 Å². The van der Waals surface area contributed by atoms with Gasteiger partial charge in [0, 0.05) is 28.5 Å². The van der Waals surface area contributed by atoms with Crippen LogP contribution in [0.2, 0.25) is 5.02 Å². The lowest BCUT2D eigenvalue weighted by Crippen LogP contribution is -2.48. The van der Waals surface area contributed by atoms with Crippen LogP contribution in [-0.2, 0) is 4.74 Å². The number of nitrogens with one attached hydrogen (secondary N) is 2. The van der Waals surface area contributed by atoms with Crippen LogP contribution in [0.3, 0.4) is 0 Å². The second kappa shape index (κ2) is 6.17. The minimum atomic E-state index is -0.0791. The van der Waals surface area contributed by atoms with Crippen LogP contribution in [-0.4, -0.2) is 35.9 Å². The predicted octanol–water partition coefficient (Wildman–Crippen LogP) is 3.65. The standard InChI is InChI=1S/C19H18ClN3O2/c1-19(10-25-11-19)9-21-18(24)13-7-5-12(6-8-13)17-16-14(20)3-2-4-15(16)22-23-17/h2-8H,9-11H2,1H3,(H,21,24)(H,22,23). The largest absolute Gasteiger partial charge is 0.380 e. The third kappa shape index (κ3) is 3.01. The van der Waals surface area contributed by atoms with Gasteiger partial charge in [0.25, 0.3) is 5.91 Å². The van der Waals surface area contributed by atoms with Crippen molar-refractivity contribution in [1.29, 1.82) is 0 Å². The number of fused-ring (bicyclic) bond motifs is 1. The molecule has 2 heterocycles. The van der Waals surface area contributed by atoms with E-state index in [9.17, 15) is 4.79 Å². The lowest BCUT2D eigenvalue weighted by molar-refractivity contribution is -0.0978. The van der Waals surface area contributed by atoms with Crippen molar-refractivity contribution >= 4 is 28.4 Å². The average molecular weight is 356 g/mol. The highest BCUT2D eigenvalue weighted by molar-refractivity contribution is 6.36. The van der Waals surface area contributed by atoms with Crippen LogP contribution in [0.15, 0.2) is 42.5 Å². The van der Waals surface area contributed by atoms with E-state index in [1.165, 1.54) is 0 Å². The zero-order valence-electron chi connectivity index (χ0n) is 13.8. The summed E-state index contributed by atoms with van der Waals surface area (Å²) in [5.41, 5.74) is 3.26. The highest BCUT2D eigenvalue weighted by Crippen LogP contribution is 2.32. The van der Waals surface area contributed by atoms with Crippen molar-refractivity contribution in [3.63, 3.8) is 0 Å². The molecule has 1 fully saturated rings. The van der Waals surface area contributed by atoms with Gasteiger partial charge in [-0.15, -0.1) is 0 Å². The zero-order chi connectivity index (χ0) is 17.4. The third-order valence-electron chi connectivity index (χ3n) is 4.54. The van der Waals surface area contributed by atoms with Gasteiger partial charge in [0.1, 0.15) is 5.69 Å². The summed E-state index contributed by atoms with van der Waals surface area (Å²) in [7, 11) is 0. The molecule has 2 N–H and O–H groups in total. The van der Waals surface area contributed by atoms with Crippen LogP contribution in [0.1, 0.15) is 17.3 Å². The third-order valence-corrected chi connectivity index (χ3v) is 4.85. The van der Waals surface area contributed by atoms with Crippen LogP contribution >= 0.6 is 11.6 Å². The Morgan fingerprint density at radius 1 is 1.28 bits per heavy atom. The molecule has 0 radical (unpaired) electrons. The number of aromatic nitrogens is 2. The molecule has 0 bridgehead atoms. The molecule has 0 spiro atoms.